The third kappa shape index (κ3) is 3.60. The van der Waals surface area contributed by atoms with Gasteiger partial charge in [0.25, 0.3) is 5.91 Å². The molecule has 0 unspecified atom stereocenters. The summed E-state index contributed by atoms with van der Waals surface area (Å²) in [6, 6.07) is 15.2. The third-order valence-electron chi connectivity index (χ3n) is 3.93. The number of carbonyl (C=O) groups excluding carboxylic acids is 1. The molecule has 3 rings (SSSR count). The van der Waals surface area contributed by atoms with Crippen LogP contribution in [0.15, 0.2) is 53.5 Å². The fourth-order valence-corrected chi connectivity index (χ4v) is 2.91. The number of carbonyl (C=O) groups is 1. The Morgan fingerprint density at radius 3 is 2.88 bits per heavy atom. The minimum Gasteiger partial charge on any atom is -0.483 e. The van der Waals surface area contributed by atoms with E-state index in [-0.39, 0.29) is 12.5 Å². The summed E-state index contributed by atoms with van der Waals surface area (Å²) in [6.45, 7) is 3.23. The monoisotopic (exact) mass is 342 g/mol. The van der Waals surface area contributed by atoms with Crippen LogP contribution in [0.1, 0.15) is 18.1 Å². The van der Waals surface area contributed by atoms with Crippen molar-refractivity contribution in [2.75, 3.05) is 19.7 Å². The van der Waals surface area contributed by atoms with Gasteiger partial charge in [-0.3, -0.25) is 14.7 Å². The lowest BCUT2D eigenvalue weighted by Gasteiger charge is -2.19. The maximum Gasteiger partial charge on any atom is 0.266 e. The average molecular weight is 343 g/mol. The summed E-state index contributed by atoms with van der Waals surface area (Å²) in [5.41, 5.74) is 1.94. The third-order valence-corrected chi connectivity index (χ3v) is 4.16. The molecule has 0 saturated heterocycles. The summed E-state index contributed by atoms with van der Waals surface area (Å²) in [7, 11) is 0. The second-order valence-corrected chi connectivity index (χ2v) is 5.95. The summed E-state index contributed by atoms with van der Waals surface area (Å²) in [4.78, 5) is 18.7. The zero-order chi connectivity index (χ0) is 16.9. The Hall–Kier alpha value is -2.33. The number of ether oxygens (including phenoxy) is 1. The van der Waals surface area contributed by atoms with Gasteiger partial charge in [-0.25, -0.2) is 0 Å². The van der Waals surface area contributed by atoms with E-state index in [1.807, 2.05) is 42.5 Å². The van der Waals surface area contributed by atoms with Gasteiger partial charge in [0.2, 0.25) is 0 Å². The van der Waals surface area contributed by atoms with Crippen LogP contribution in [-0.2, 0) is 11.2 Å². The van der Waals surface area contributed by atoms with Crippen LogP contribution in [-0.4, -0.2) is 36.3 Å². The van der Waals surface area contributed by atoms with Crippen LogP contribution in [0, 0.1) is 0 Å². The van der Waals surface area contributed by atoms with Crippen molar-refractivity contribution in [2.45, 2.75) is 13.3 Å². The molecular formula is C19H19ClN2O2. The number of amides is 1. The van der Waals surface area contributed by atoms with Gasteiger partial charge in [-0.2, -0.15) is 0 Å². The Balaban J connectivity index is 1.70. The lowest BCUT2D eigenvalue weighted by atomic mass is 10.1. The van der Waals surface area contributed by atoms with Gasteiger partial charge in [0.15, 0.2) is 6.61 Å². The highest BCUT2D eigenvalue weighted by molar-refractivity contribution is 6.31. The fraction of sp³-hybridized carbons (Fsp3) is 0.263. The van der Waals surface area contributed by atoms with Gasteiger partial charge in [0.1, 0.15) is 11.6 Å². The summed E-state index contributed by atoms with van der Waals surface area (Å²) in [6.07, 6.45) is 0.864. The summed E-state index contributed by atoms with van der Waals surface area (Å²) in [5.74, 6) is 1.32. The van der Waals surface area contributed by atoms with Gasteiger partial charge < -0.3 is 4.74 Å². The molecule has 0 atom stereocenters. The van der Waals surface area contributed by atoms with Crippen molar-refractivity contribution in [3.63, 3.8) is 0 Å². The minimum absolute atomic E-state index is 0.00337. The molecule has 0 N–H and O–H groups in total. The van der Waals surface area contributed by atoms with Crippen molar-refractivity contribution in [2.24, 2.45) is 4.99 Å². The van der Waals surface area contributed by atoms with E-state index in [1.165, 1.54) is 0 Å². The molecule has 2 aromatic rings. The minimum atomic E-state index is -0.0999. The molecular weight excluding hydrogens is 324 g/mol. The van der Waals surface area contributed by atoms with Crippen LogP contribution in [0.25, 0.3) is 0 Å². The highest BCUT2D eigenvalue weighted by Gasteiger charge is 2.25. The van der Waals surface area contributed by atoms with Crippen LogP contribution in [0.4, 0.5) is 0 Å². The number of amidine groups is 1. The van der Waals surface area contributed by atoms with E-state index in [9.17, 15) is 4.79 Å². The molecule has 0 bridgehead atoms. The van der Waals surface area contributed by atoms with Crippen LogP contribution < -0.4 is 4.74 Å². The van der Waals surface area contributed by atoms with Crippen LogP contribution in [0.3, 0.4) is 0 Å². The van der Waals surface area contributed by atoms with Gasteiger partial charge in [-0.15, -0.1) is 0 Å². The average Bonchev–Trinajstić information content (AvgIpc) is 3.09. The molecule has 0 fully saturated rings. The Morgan fingerprint density at radius 2 is 2.08 bits per heavy atom. The highest BCUT2D eigenvalue weighted by atomic mass is 35.5. The number of hydrogen-bond acceptors (Lipinski definition) is 3. The Bertz CT molecular complexity index is 773. The number of halogens is 1. The van der Waals surface area contributed by atoms with E-state index >= 15 is 0 Å². The lowest BCUT2D eigenvalue weighted by Crippen LogP contribution is -2.38. The number of benzene rings is 2. The molecule has 0 radical (unpaired) electrons. The van der Waals surface area contributed by atoms with Crippen molar-refractivity contribution >= 4 is 23.3 Å². The van der Waals surface area contributed by atoms with Gasteiger partial charge in [-0.05, 0) is 30.2 Å². The fourth-order valence-electron chi connectivity index (χ4n) is 2.72. The van der Waals surface area contributed by atoms with Gasteiger partial charge >= 0.3 is 0 Å². The molecule has 1 heterocycles. The van der Waals surface area contributed by atoms with E-state index in [0.717, 1.165) is 23.3 Å². The Labute approximate surface area is 146 Å². The second-order valence-electron chi connectivity index (χ2n) is 5.51. The number of para-hydroxylation sites is 1. The quantitative estimate of drug-likeness (QED) is 0.833. The zero-order valence-electron chi connectivity index (χ0n) is 13.5. The highest BCUT2D eigenvalue weighted by Crippen LogP contribution is 2.19. The first-order chi connectivity index (χ1) is 11.7. The SMILES string of the molecule is CCc1ccccc1OCC(=O)N1CCN=C1c1cccc(Cl)c1. The largest absolute Gasteiger partial charge is 0.483 e. The summed E-state index contributed by atoms with van der Waals surface area (Å²) < 4.78 is 5.74. The molecule has 0 spiro atoms. The first kappa shape index (κ1) is 16.5. The molecule has 4 nitrogen and oxygen atoms in total. The standard InChI is InChI=1S/C19H19ClN2O2/c1-2-14-6-3-4-9-17(14)24-13-18(23)22-11-10-21-19(22)15-7-5-8-16(20)12-15/h3-9,12H,2,10-11,13H2,1H3. The van der Waals surface area contributed by atoms with Gasteiger partial charge in [0, 0.05) is 17.1 Å². The normalized spacial score (nSPS) is 13.8. The topological polar surface area (TPSA) is 41.9 Å². The summed E-state index contributed by atoms with van der Waals surface area (Å²) >= 11 is 6.04. The zero-order valence-corrected chi connectivity index (χ0v) is 14.3. The molecule has 124 valence electrons. The summed E-state index contributed by atoms with van der Waals surface area (Å²) in [5, 5.41) is 0.627. The van der Waals surface area contributed by atoms with Crippen molar-refractivity contribution in [3.05, 3.63) is 64.7 Å². The first-order valence-corrected chi connectivity index (χ1v) is 8.38. The van der Waals surface area contributed by atoms with Crippen LogP contribution in [0.5, 0.6) is 5.75 Å². The maximum atomic E-state index is 12.6. The molecule has 24 heavy (non-hydrogen) atoms. The molecule has 2 aromatic carbocycles. The number of nitrogens with zero attached hydrogens (tertiary/aromatic N) is 2. The van der Waals surface area contributed by atoms with Gasteiger partial charge in [-0.1, -0.05) is 48.9 Å². The number of aryl methyl sites for hydroxylation is 1. The molecule has 0 aromatic heterocycles. The lowest BCUT2D eigenvalue weighted by molar-refractivity contribution is -0.129. The predicted octanol–water partition coefficient (Wildman–Crippen LogP) is 3.57. The van der Waals surface area contributed by atoms with E-state index in [1.54, 1.807) is 11.0 Å². The number of aliphatic imine (C=N–C) groups is 1. The second kappa shape index (κ2) is 7.49. The molecule has 1 aliphatic rings. The van der Waals surface area contributed by atoms with Crippen molar-refractivity contribution < 1.29 is 9.53 Å². The number of rotatable bonds is 5. The van der Waals surface area contributed by atoms with Crippen molar-refractivity contribution in [1.29, 1.82) is 0 Å². The van der Waals surface area contributed by atoms with E-state index in [4.69, 9.17) is 16.3 Å². The van der Waals surface area contributed by atoms with E-state index < -0.39 is 0 Å². The molecule has 0 saturated carbocycles. The van der Waals surface area contributed by atoms with E-state index in [2.05, 4.69) is 11.9 Å². The van der Waals surface area contributed by atoms with Crippen LogP contribution in [0.2, 0.25) is 5.02 Å². The van der Waals surface area contributed by atoms with Crippen LogP contribution >= 0.6 is 11.6 Å². The van der Waals surface area contributed by atoms with E-state index in [0.29, 0.717) is 23.9 Å². The molecule has 1 amide bonds. The molecule has 5 heteroatoms. The molecule has 1 aliphatic heterocycles. The number of hydrogen-bond donors (Lipinski definition) is 0. The van der Waals surface area contributed by atoms with Crippen molar-refractivity contribution in [3.8, 4) is 5.75 Å². The smallest absolute Gasteiger partial charge is 0.266 e. The van der Waals surface area contributed by atoms with Gasteiger partial charge in [0.05, 0.1) is 6.54 Å². The predicted molar refractivity (Wildman–Crippen MR) is 95.9 cm³/mol. The van der Waals surface area contributed by atoms with Crippen molar-refractivity contribution in [1.82, 2.24) is 4.90 Å². The maximum absolute atomic E-state index is 12.6. The Morgan fingerprint density at radius 1 is 1.25 bits per heavy atom. The molecule has 0 aliphatic carbocycles. The Kier molecular flexibility index (Phi) is 5.16. The first-order valence-electron chi connectivity index (χ1n) is 8.00.